The molecule has 6 heteroatoms. The van der Waals surface area contributed by atoms with Crippen molar-refractivity contribution in [2.24, 2.45) is 5.73 Å². The van der Waals surface area contributed by atoms with Gasteiger partial charge in [-0.05, 0) is 40.9 Å². The van der Waals surface area contributed by atoms with E-state index in [1.807, 2.05) is 17.0 Å². The number of piperidine rings is 1. The number of rotatable bonds is 1. The minimum Gasteiger partial charge on any atom is -0.336 e. The summed E-state index contributed by atoms with van der Waals surface area (Å²) in [6.45, 7) is 1.52. The average Bonchev–Trinajstić information content (AvgIpc) is 2.64. The first-order valence-electron chi connectivity index (χ1n) is 4.97. The third-order valence-electron chi connectivity index (χ3n) is 2.53. The Morgan fingerprint density at radius 1 is 1.56 bits per heavy atom. The van der Waals surface area contributed by atoms with E-state index in [2.05, 4.69) is 15.9 Å². The molecule has 2 heterocycles. The molecule has 0 bridgehead atoms. The average molecular weight is 326 g/mol. The third kappa shape index (κ3) is 3.20. The number of likely N-dealkylation sites (tertiary alicyclic amines) is 1. The van der Waals surface area contributed by atoms with Gasteiger partial charge < -0.3 is 10.6 Å². The third-order valence-corrected chi connectivity index (χ3v) is 4.14. The van der Waals surface area contributed by atoms with Gasteiger partial charge in [0.15, 0.2) is 0 Å². The van der Waals surface area contributed by atoms with Crippen LogP contribution in [-0.4, -0.2) is 29.9 Å². The molecule has 3 nitrogen and oxygen atoms in total. The molecule has 1 fully saturated rings. The van der Waals surface area contributed by atoms with Crippen LogP contribution < -0.4 is 5.73 Å². The number of halogens is 2. The fourth-order valence-corrected chi connectivity index (χ4v) is 3.13. The fraction of sp³-hybridized carbons (Fsp3) is 0.500. The molecule has 1 saturated heterocycles. The molecule has 1 aromatic heterocycles. The number of nitrogens with zero attached hydrogens (tertiary/aromatic N) is 1. The molecule has 0 radical (unpaired) electrons. The molecule has 0 aliphatic carbocycles. The van der Waals surface area contributed by atoms with E-state index in [1.165, 1.54) is 11.3 Å². The van der Waals surface area contributed by atoms with Gasteiger partial charge in [0, 0.05) is 19.1 Å². The maximum absolute atomic E-state index is 12.0. The zero-order valence-electron chi connectivity index (χ0n) is 8.69. The highest BCUT2D eigenvalue weighted by molar-refractivity contribution is 9.11. The van der Waals surface area contributed by atoms with Crippen LogP contribution in [0.4, 0.5) is 0 Å². The molecule has 1 aliphatic rings. The summed E-state index contributed by atoms with van der Waals surface area (Å²) >= 11 is 4.83. The summed E-state index contributed by atoms with van der Waals surface area (Å²) in [6, 6.07) is 3.91. The van der Waals surface area contributed by atoms with Gasteiger partial charge in [-0.1, -0.05) is 0 Å². The van der Waals surface area contributed by atoms with Crippen LogP contribution >= 0.6 is 39.7 Å². The molecule has 0 unspecified atom stereocenters. The molecule has 0 spiro atoms. The molecule has 1 atom stereocenters. The van der Waals surface area contributed by atoms with Crippen molar-refractivity contribution in [1.29, 1.82) is 0 Å². The van der Waals surface area contributed by atoms with Gasteiger partial charge in [0.25, 0.3) is 5.91 Å². The van der Waals surface area contributed by atoms with Gasteiger partial charge in [-0.15, -0.1) is 23.7 Å². The molecule has 0 aromatic carbocycles. The van der Waals surface area contributed by atoms with Crippen molar-refractivity contribution in [1.82, 2.24) is 4.90 Å². The number of hydrogen-bond donors (Lipinski definition) is 1. The largest absolute Gasteiger partial charge is 0.336 e. The van der Waals surface area contributed by atoms with Gasteiger partial charge in [0.1, 0.15) is 0 Å². The normalized spacial score (nSPS) is 20.4. The predicted octanol–water partition coefficient (Wildman–Crippen LogP) is 2.50. The molecular formula is C10H14BrClN2OS. The quantitative estimate of drug-likeness (QED) is 0.862. The van der Waals surface area contributed by atoms with Crippen molar-refractivity contribution >= 4 is 45.6 Å². The van der Waals surface area contributed by atoms with Crippen molar-refractivity contribution in [3.63, 3.8) is 0 Å². The Labute approximate surface area is 114 Å². The van der Waals surface area contributed by atoms with Crippen LogP contribution in [0.5, 0.6) is 0 Å². The summed E-state index contributed by atoms with van der Waals surface area (Å²) in [5.74, 6) is 0.112. The lowest BCUT2D eigenvalue weighted by Gasteiger charge is -2.30. The van der Waals surface area contributed by atoms with Crippen molar-refractivity contribution < 1.29 is 4.79 Å². The maximum Gasteiger partial charge on any atom is 0.264 e. The summed E-state index contributed by atoms with van der Waals surface area (Å²) in [5.41, 5.74) is 5.85. The van der Waals surface area contributed by atoms with E-state index >= 15 is 0 Å². The minimum absolute atomic E-state index is 0. The summed E-state index contributed by atoms with van der Waals surface area (Å²) in [6.07, 6.45) is 2.04. The molecular weight excluding hydrogens is 312 g/mol. The molecule has 1 aliphatic heterocycles. The molecule has 16 heavy (non-hydrogen) atoms. The highest BCUT2D eigenvalue weighted by Gasteiger charge is 2.23. The second-order valence-corrected chi connectivity index (χ2v) is 6.22. The van der Waals surface area contributed by atoms with E-state index < -0.39 is 0 Å². The van der Waals surface area contributed by atoms with E-state index in [9.17, 15) is 4.79 Å². The van der Waals surface area contributed by atoms with Crippen molar-refractivity contribution in [3.05, 3.63) is 20.8 Å². The maximum atomic E-state index is 12.0. The van der Waals surface area contributed by atoms with Crippen LogP contribution in [-0.2, 0) is 0 Å². The second kappa shape index (κ2) is 6.00. The molecule has 1 aromatic rings. The number of amides is 1. The zero-order valence-corrected chi connectivity index (χ0v) is 11.9. The van der Waals surface area contributed by atoms with E-state index in [0.717, 1.165) is 28.0 Å². The molecule has 1 amide bonds. The summed E-state index contributed by atoms with van der Waals surface area (Å²) < 4.78 is 0.993. The number of nitrogens with two attached hydrogens (primary N) is 1. The zero-order chi connectivity index (χ0) is 10.8. The monoisotopic (exact) mass is 324 g/mol. The Morgan fingerprint density at radius 3 is 2.88 bits per heavy atom. The minimum atomic E-state index is 0. The lowest BCUT2D eigenvalue weighted by molar-refractivity contribution is 0.0714. The lowest BCUT2D eigenvalue weighted by Crippen LogP contribution is -2.45. The lowest BCUT2D eigenvalue weighted by atomic mass is 10.1. The number of carbonyl (C=O) groups excluding carboxylic acids is 1. The molecule has 2 rings (SSSR count). The SMILES string of the molecule is Cl.N[C@@H]1CCCN(C(=O)c2ccc(Br)s2)C1. The second-order valence-electron chi connectivity index (χ2n) is 3.76. The van der Waals surface area contributed by atoms with E-state index in [1.54, 1.807) is 0 Å². The Morgan fingerprint density at radius 2 is 2.31 bits per heavy atom. The van der Waals surface area contributed by atoms with Crippen LogP contribution in [0.3, 0.4) is 0 Å². The van der Waals surface area contributed by atoms with E-state index in [-0.39, 0.29) is 24.4 Å². The Balaban J connectivity index is 0.00000128. The summed E-state index contributed by atoms with van der Waals surface area (Å²) in [5, 5.41) is 0. The van der Waals surface area contributed by atoms with E-state index in [0.29, 0.717) is 6.54 Å². The smallest absolute Gasteiger partial charge is 0.264 e. The van der Waals surface area contributed by atoms with Gasteiger partial charge in [0.2, 0.25) is 0 Å². The van der Waals surface area contributed by atoms with Crippen molar-refractivity contribution in [3.8, 4) is 0 Å². The Kier molecular flexibility index (Phi) is 5.24. The number of thiophene rings is 1. The van der Waals surface area contributed by atoms with Crippen molar-refractivity contribution in [2.75, 3.05) is 13.1 Å². The van der Waals surface area contributed by atoms with Crippen LogP contribution in [0.1, 0.15) is 22.5 Å². The van der Waals surface area contributed by atoms with Crippen LogP contribution in [0.15, 0.2) is 15.9 Å². The number of hydrogen-bond acceptors (Lipinski definition) is 3. The summed E-state index contributed by atoms with van der Waals surface area (Å²) in [7, 11) is 0. The predicted molar refractivity (Wildman–Crippen MR) is 72.4 cm³/mol. The first kappa shape index (κ1) is 14.0. The Bertz CT molecular complexity index is 371. The van der Waals surface area contributed by atoms with Crippen LogP contribution in [0.2, 0.25) is 0 Å². The van der Waals surface area contributed by atoms with Gasteiger partial charge in [0.05, 0.1) is 8.66 Å². The van der Waals surface area contributed by atoms with Gasteiger partial charge >= 0.3 is 0 Å². The molecule has 2 N–H and O–H groups in total. The standard InChI is InChI=1S/C10H13BrN2OS.ClH/c11-9-4-3-8(15-9)10(14)13-5-1-2-7(12)6-13;/h3-4,7H,1-2,5-6,12H2;1H/t7-;/m1./s1. The topological polar surface area (TPSA) is 46.3 Å². The first-order chi connectivity index (χ1) is 7.16. The van der Waals surface area contributed by atoms with Crippen molar-refractivity contribution in [2.45, 2.75) is 18.9 Å². The highest BCUT2D eigenvalue weighted by Crippen LogP contribution is 2.24. The van der Waals surface area contributed by atoms with Gasteiger partial charge in [-0.25, -0.2) is 0 Å². The van der Waals surface area contributed by atoms with E-state index in [4.69, 9.17) is 5.73 Å². The molecule has 90 valence electrons. The highest BCUT2D eigenvalue weighted by atomic mass is 79.9. The Hall–Kier alpha value is -0.100. The first-order valence-corrected chi connectivity index (χ1v) is 6.58. The van der Waals surface area contributed by atoms with Gasteiger partial charge in [-0.2, -0.15) is 0 Å². The fourth-order valence-electron chi connectivity index (χ4n) is 1.78. The molecule has 0 saturated carbocycles. The number of carbonyl (C=O) groups is 1. The van der Waals surface area contributed by atoms with Gasteiger partial charge in [-0.3, -0.25) is 4.79 Å². The summed E-state index contributed by atoms with van der Waals surface area (Å²) in [4.78, 5) is 14.7. The van der Waals surface area contributed by atoms with Crippen LogP contribution in [0.25, 0.3) is 0 Å². The van der Waals surface area contributed by atoms with Crippen LogP contribution in [0, 0.1) is 0 Å².